The van der Waals surface area contributed by atoms with Crippen LogP contribution in [-0.2, 0) is 0 Å². The number of fused-ring (bicyclic) bond motifs is 2. The molecule has 6 fully saturated rings. The first-order valence-electron chi connectivity index (χ1n) is 17.8. The molecule has 0 aromatic rings. The minimum atomic E-state index is 0.227. The number of hydrogen-bond donors (Lipinski definition) is 0. The Kier molecular flexibility index (Phi) is 10.0. The molecule has 0 spiro atoms. The molecule has 0 amide bonds. The molecule has 0 aromatic carbocycles. The van der Waals surface area contributed by atoms with Gasteiger partial charge in [0.15, 0.2) is 0 Å². The Bertz CT molecular complexity index is 587. The van der Waals surface area contributed by atoms with Crippen molar-refractivity contribution >= 4 is 15.8 Å². The first-order valence-corrected chi connectivity index (χ1v) is 20.9. The van der Waals surface area contributed by atoms with Gasteiger partial charge in [0.1, 0.15) is 0 Å². The predicted molar refractivity (Wildman–Crippen MR) is 168 cm³/mol. The molecule has 6 atom stereocenters. The molecule has 6 rings (SSSR count). The maximum Gasteiger partial charge on any atom is -0.0199 e. The molecule has 2 bridgehead atoms. The van der Waals surface area contributed by atoms with Crippen molar-refractivity contribution in [1.82, 2.24) is 0 Å². The lowest BCUT2D eigenvalue weighted by Gasteiger charge is -2.51. The van der Waals surface area contributed by atoms with Crippen molar-refractivity contribution in [1.29, 1.82) is 0 Å². The lowest BCUT2D eigenvalue weighted by molar-refractivity contribution is 0.213. The maximum absolute atomic E-state index is 2.89. The van der Waals surface area contributed by atoms with Gasteiger partial charge in [0.2, 0.25) is 0 Å². The molecular formula is C35H62P2. The van der Waals surface area contributed by atoms with E-state index in [1.807, 2.05) is 0 Å². The van der Waals surface area contributed by atoms with E-state index in [0.29, 0.717) is 0 Å². The predicted octanol–water partition coefficient (Wildman–Crippen LogP) is 11.7. The van der Waals surface area contributed by atoms with Crippen molar-refractivity contribution < 1.29 is 0 Å². The van der Waals surface area contributed by atoms with Crippen LogP contribution in [0.3, 0.4) is 0 Å². The van der Waals surface area contributed by atoms with Crippen molar-refractivity contribution in [2.24, 2.45) is 23.7 Å². The number of rotatable bonds is 8. The van der Waals surface area contributed by atoms with E-state index in [4.69, 9.17) is 0 Å². The zero-order valence-electron chi connectivity index (χ0n) is 24.9. The van der Waals surface area contributed by atoms with Gasteiger partial charge in [-0.2, -0.15) is 0 Å². The van der Waals surface area contributed by atoms with Crippen LogP contribution in [0, 0.1) is 23.7 Å². The van der Waals surface area contributed by atoms with Crippen molar-refractivity contribution in [3.05, 3.63) is 0 Å². The van der Waals surface area contributed by atoms with Crippen LogP contribution in [0.2, 0.25) is 0 Å². The van der Waals surface area contributed by atoms with Crippen LogP contribution in [0.15, 0.2) is 0 Å². The van der Waals surface area contributed by atoms with Crippen LogP contribution in [0.4, 0.5) is 0 Å². The Morgan fingerprint density at radius 2 is 0.649 bits per heavy atom. The highest BCUT2D eigenvalue weighted by Gasteiger charge is 2.55. The maximum atomic E-state index is 2.89. The first kappa shape index (κ1) is 28.0. The van der Waals surface area contributed by atoms with Crippen molar-refractivity contribution in [3.8, 4) is 0 Å². The molecular weight excluding hydrogens is 482 g/mol. The molecule has 0 aliphatic heterocycles. The monoisotopic (exact) mass is 544 g/mol. The van der Waals surface area contributed by atoms with Gasteiger partial charge < -0.3 is 0 Å². The van der Waals surface area contributed by atoms with E-state index in [0.717, 1.165) is 57.6 Å². The third-order valence-electron chi connectivity index (χ3n) is 13.1. The lowest BCUT2D eigenvalue weighted by atomic mass is 9.76. The van der Waals surface area contributed by atoms with Gasteiger partial charge in [-0.25, -0.2) is 0 Å². The minimum Gasteiger partial charge on any atom is -0.0971 e. The quantitative estimate of drug-likeness (QED) is 0.267. The summed E-state index contributed by atoms with van der Waals surface area (Å²) in [6.45, 7) is 5.78. The van der Waals surface area contributed by atoms with E-state index in [1.54, 1.807) is 148 Å². The summed E-state index contributed by atoms with van der Waals surface area (Å²) in [6.07, 6.45) is 36.5. The van der Waals surface area contributed by atoms with Crippen LogP contribution in [0.1, 0.15) is 162 Å². The Morgan fingerprint density at radius 1 is 0.378 bits per heavy atom. The summed E-state index contributed by atoms with van der Waals surface area (Å²) in [4.78, 5) is 0. The SMILES string of the molecule is CC(C1C2CCC(C2)C1C(C)P(C1CCCCC1)C1CCCCC1)P(C1CCCCC1)C1CCCCC1. The molecule has 212 valence electrons. The highest BCUT2D eigenvalue weighted by atomic mass is 31.1. The van der Waals surface area contributed by atoms with Crippen molar-refractivity contribution in [3.63, 3.8) is 0 Å². The molecule has 6 unspecified atom stereocenters. The fraction of sp³-hybridized carbons (Fsp3) is 1.00. The highest BCUT2D eigenvalue weighted by molar-refractivity contribution is 7.60. The third kappa shape index (κ3) is 6.08. The topological polar surface area (TPSA) is 0 Å². The van der Waals surface area contributed by atoms with E-state index in [1.165, 1.54) is 0 Å². The summed E-state index contributed by atoms with van der Waals surface area (Å²) in [7, 11) is 0.453. The first-order chi connectivity index (χ1) is 18.2. The van der Waals surface area contributed by atoms with E-state index in [9.17, 15) is 0 Å². The van der Waals surface area contributed by atoms with Gasteiger partial charge in [-0.3, -0.25) is 0 Å². The second-order valence-electron chi connectivity index (χ2n) is 15.0. The molecule has 0 radical (unpaired) electrons. The van der Waals surface area contributed by atoms with Gasteiger partial charge >= 0.3 is 0 Å². The molecule has 37 heavy (non-hydrogen) atoms. The molecule has 6 aliphatic rings. The highest BCUT2D eigenvalue weighted by Crippen LogP contribution is 2.70. The third-order valence-corrected chi connectivity index (χ3v) is 21.1. The summed E-state index contributed by atoms with van der Waals surface area (Å²) in [5, 5.41) is 0. The Morgan fingerprint density at radius 3 is 0.919 bits per heavy atom. The van der Waals surface area contributed by atoms with Crippen LogP contribution >= 0.6 is 15.8 Å². The second-order valence-corrected chi connectivity index (χ2v) is 21.4. The van der Waals surface area contributed by atoms with Gasteiger partial charge in [-0.05, 0) is 128 Å². The summed E-state index contributed by atoms with van der Waals surface area (Å²) >= 11 is 0. The van der Waals surface area contributed by atoms with Crippen LogP contribution in [-0.4, -0.2) is 34.0 Å². The largest absolute Gasteiger partial charge is 0.0971 e. The van der Waals surface area contributed by atoms with Gasteiger partial charge in [0, 0.05) is 0 Å². The summed E-state index contributed by atoms with van der Waals surface area (Å²) in [5.74, 6) is 4.50. The van der Waals surface area contributed by atoms with Gasteiger partial charge in [0.25, 0.3) is 0 Å². The molecule has 0 aromatic heterocycles. The van der Waals surface area contributed by atoms with E-state index < -0.39 is 0 Å². The fourth-order valence-corrected chi connectivity index (χ4v) is 21.0. The smallest absolute Gasteiger partial charge is 0.0199 e. The van der Waals surface area contributed by atoms with Crippen LogP contribution in [0.5, 0.6) is 0 Å². The zero-order chi connectivity index (χ0) is 25.2. The molecule has 0 saturated heterocycles. The van der Waals surface area contributed by atoms with Crippen molar-refractivity contribution in [2.75, 3.05) is 0 Å². The van der Waals surface area contributed by atoms with Crippen LogP contribution in [0.25, 0.3) is 0 Å². The standard InChI is InChI=1S/C35H62P2/c1-26(36(30-15-7-3-8-16-30)31-17-9-4-10-18-31)34-28-23-24-29(25-28)35(34)27(2)37(32-19-11-5-12-20-32)33-21-13-6-14-22-33/h26-35H,3-25H2,1-2H3. The Balaban J connectivity index is 1.27. The second kappa shape index (κ2) is 13.2. The summed E-state index contributed by atoms with van der Waals surface area (Å²) < 4.78 is 0. The minimum absolute atomic E-state index is 0.227. The summed E-state index contributed by atoms with van der Waals surface area (Å²) in [5.41, 5.74) is 6.76. The molecule has 0 nitrogen and oxygen atoms in total. The molecule has 2 heteroatoms. The average Bonchev–Trinajstić information content (AvgIpc) is 3.58. The van der Waals surface area contributed by atoms with E-state index in [-0.39, 0.29) is 15.8 Å². The fourth-order valence-electron chi connectivity index (χ4n) is 11.7. The van der Waals surface area contributed by atoms with E-state index >= 15 is 0 Å². The number of hydrogen-bond acceptors (Lipinski definition) is 0. The molecule has 0 heterocycles. The van der Waals surface area contributed by atoms with E-state index in [2.05, 4.69) is 13.8 Å². The van der Waals surface area contributed by atoms with Gasteiger partial charge in [-0.1, -0.05) is 107 Å². The Labute approximate surface area is 234 Å². The van der Waals surface area contributed by atoms with Crippen molar-refractivity contribution in [2.45, 2.75) is 195 Å². The average molecular weight is 545 g/mol. The Hall–Kier alpha value is 0.860. The lowest BCUT2D eigenvalue weighted by Crippen LogP contribution is -2.41. The van der Waals surface area contributed by atoms with Gasteiger partial charge in [0.05, 0.1) is 0 Å². The molecule has 0 N–H and O–H groups in total. The molecule has 6 saturated carbocycles. The summed E-state index contributed by atoms with van der Waals surface area (Å²) in [6, 6.07) is 0. The normalized spacial score (nSPS) is 37.0. The molecule has 6 aliphatic carbocycles. The van der Waals surface area contributed by atoms with Crippen LogP contribution < -0.4 is 0 Å². The zero-order valence-corrected chi connectivity index (χ0v) is 26.7. The van der Waals surface area contributed by atoms with Gasteiger partial charge in [-0.15, -0.1) is 0 Å².